The van der Waals surface area contributed by atoms with Crippen LogP contribution in [-0.2, 0) is 26.2 Å². The number of nitrogens with zero attached hydrogens (tertiary/aromatic N) is 2. The van der Waals surface area contributed by atoms with Gasteiger partial charge in [0, 0.05) is 12.1 Å². The number of rotatable bonds is 9. The summed E-state index contributed by atoms with van der Waals surface area (Å²) in [6.45, 7) is 8.58. The maximum atomic E-state index is 13.8. The van der Waals surface area contributed by atoms with E-state index in [9.17, 15) is 22.4 Å². The minimum Gasteiger partial charge on any atom is -0.350 e. The Morgan fingerprint density at radius 1 is 0.947 bits per heavy atom. The van der Waals surface area contributed by atoms with E-state index in [1.807, 2.05) is 52.0 Å². The summed E-state index contributed by atoms with van der Waals surface area (Å²) in [5.41, 5.74) is 1.39. The first-order valence-corrected chi connectivity index (χ1v) is 13.7. The molecule has 1 N–H and O–H groups in total. The van der Waals surface area contributed by atoms with Crippen LogP contribution < -0.4 is 9.62 Å². The Kier molecular flexibility index (Phi) is 8.93. The number of nitrogens with one attached hydrogen (secondary N) is 1. The topological polar surface area (TPSA) is 86.8 Å². The number of hydrogen-bond donors (Lipinski definition) is 1. The zero-order valence-electron chi connectivity index (χ0n) is 22.3. The van der Waals surface area contributed by atoms with E-state index in [1.165, 1.54) is 29.2 Å². The van der Waals surface area contributed by atoms with E-state index in [0.717, 1.165) is 27.6 Å². The van der Waals surface area contributed by atoms with Gasteiger partial charge in [-0.1, -0.05) is 48.0 Å². The van der Waals surface area contributed by atoms with Gasteiger partial charge in [-0.25, -0.2) is 12.8 Å². The van der Waals surface area contributed by atoms with Crippen LogP contribution in [-0.4, -0.2) is 43.3 Å². The van der Waals surface area contributed by atoms with Gasteiger partial charge in [0.1, 0.15) is 18.4 Å². The van der Waals surface area contributed by atoms with Crippen molar-refractivity contribution in [3.8, 4) is 0 Å². The molecule has 0 bridgehead atoms. The minimum absolute atomic E-state index is 0.0131. The smallest absolute Gasteiger partial charge is 0.264 e. The monoisotopic (exact) mass is 539 g/mol. The number of amides is 2. The summed E-state index contributed by atoms with van der Waals surface area (Å²) in [4.78, 5) is 28.3. The number of hydrogen-bond acceptors (Lipinski definition) is 4. The van der Waals surface area contributed by atoms with Crippen molar-refractivity contribution in [1.29, 1.82) is 0 Å². The number of carbonyl (C=O) groups is 2. The van der Waals surface area contributed by atoms with Crippen LogP contribution in [0.15, 0.2) is 83.8 Å². The highest BCUT2D eigenvalue weighted by Crippen LogP contribution is 2.25. The van der Waals surface area contributed by atoms with Gasteiger partial charge in [0.15, 0.2) is 0 Å². The van der Waals surface area contributed by atoms with Crippen molar-refractivity contribution in [3.05, 3.63) is 95.8 Å². The van der Waals surface area contributed by atoms with Gasteiger partial charge in [0.05, 0.1) is 10.6 Å². The summed E-state index contributed by atoms with van der Waals surface area (Å²) in [6.07, 6.45) is 0. The summed E-state index contributed by atoms with van der Waals surface area (Å²) in [6, 6.07) is 19.3. The van der Waals surface area contributed by atoms with E-state index in [2.05, 4.69) is 5.32 Å². The summed E-state index contributed by atoms with van der Waals surface area (Å²) >= 11 is 0. The third-order valence-corrected chi connectivity index (χ3v) is 7.61. The molecule has 0 aliphatic rings. The number of aryl methyl sites for hydroxylation is 1. The van der Waals surface area contributed by atoms with Gasteiger partial charge >= 0.3 is 0 Å². The van der Waals surface area contributed by atoms with Gasteiger partial charge in [0.2, 0.25) is 11.8 Å². The molecule has 202 valence electrons. The van der Waals surface area contributed by atoms with Gasteiger partial charge in [-0.05, 0) is 76.6 Å². The van der Waals surface area contributed by atoms with E-state index < -0.39 is 39.9 Å². The fourth-order valence-corrected chi connectivity index (χ4v) is 5.35. The minimum atomic E-state index is -4.19. The molecule has 0 unspecified atom stereocenters. The van der Waals surface area contributed by atoms with Crippen LogP contribution in [0.4, 0.5) is 10.1 Å². The molecule has 0 aliphatic heterocycles. The SMILES string of the molecule is Cc1cccc(CN(C(=O)CN(c2ccc(F)cc2)S(=O)(=O)c2ccccc2)[C@@H](C)C(=O)NC(C)(C)C)c1. The Labute approximate surface area is 224 Å². The van der Waals surface area contributed by atoms with E-state index in [4.69, 9.17) is 0 Å². The molecule has 3 rings (SSSR count). The second-order valence-corrected chi connectivity index (χ2v) is 12.1. The fourth-order valence-electron chi connectivity index (χ4n) is 3.92. The van der Waals surface area contributed by atoms with Crippen molar-refractivity contribution < 1.29 is 22.4 Å². The second-order valence-electron chi connectivity index (χ2n) is 10.2. The summed E-state index contributed by atoms with van der Waals surface area (Å²) in [5, 5.41) is 2.89. The summed E-state index contributed by atoms with van der Waals surface area (Å²) in [5.74, 6) is -1.48. The van der Waals surface area contributed by atoms with Crippen LogP contribution >= 0.6 is 0 Å². The lowest BCUT2D eigenvalue weighted by atomic mass is 10.1. The van der Waals surface area contributed by atoms with Gasteiger partial charge in [-0.15, -0.1) is 0 Å². The van der Waals surface area contributed by atoms with Gasteiger partial charge in [-0.3, -0.25) is 13.9 Å². The van der Waals surface area contributed by atoms with Crippen LogP contribution in [0.1, 0.15) is 38.8 Å². The zero-order chi connectivity index (χ0) is 28.1. The van der Waals surface area contributed by atoms with Crippen LogP contribution in [0.5, 0.6) is 0 Å². The maximum Gasteiger partial charge on any atom is 0.264 e. The van der Waals surface area contributed by atoms with Crippen LogP contribution in [0.2, 0.25) is 0 Å². The first kappa shape index (κ1) is 28.8. The lowest BCUT2D eigenvalue weighted by Crippen LogP contribution is -2.54. The summed E-state index contributed by atoms with van der Waals surface area (Å²) < 4.78 is 41.9. The molecule has 0 spiro atoms. The first-order valence-electron chi connectivity index (χ1n) is 12.3. The van der Waals surface area contributed by atoms with E-state index in [-0.39, 0.29) is 23.0 Å². The van der Waals surface area contributed by atoms with Crippen molar-refractivity contribution in [2.45, 2.75) is 57.6 Å². The molecule has 0 aliphatic carbocycles. The highest BCUT2D eigenvalue weighted by molar-refractivity contribution is 7.92. The molecular formula is C29H34FN3O4S. The quantitative estimate of drug-likeness (QED) is 0.429. The number of halogens is 1. The molecule has 0 saturated heterocycles. The molecule has 0 heterocycles. The van der Waals surface area contributed by atoms with Gasteiger partial charge < -0.3 is 10.2 Å². The Bertz CT molecular complexity index is 1370. The molecule has 3 aromatic carbocycles. The number of benzene rings is 3. The highest BCUT2D eigenvalue weighted by Gasteiger charge is 2.33. The third kappa shape index (κ3) is 7.41. The lowest BCUT2D eigenvalue weighted by molar-refractivity contribution is -0.140. The molecule has 7 nitrogen and oxygen atoms in total. The average Bonchev–Trinajstić information content (AvgIpc) is 2.85. The first-order chi connectivity index (χ1) is 17.8. The maximum absolute atomic E-state index is 13.8. The molecule has 9 heteroatoms. The predicted octanol–water partition coefficient (Wildman–Crippen LogP) is 4.66. The number of carbonyl (C=O) groups excluding carboxylic acids is 2. The Morgan fingerprint density at radius 2 is 1.58 bits per heavy atom. The molecule has 0 radical (unpaired) electrons. The number of sulfonamides is 1. The molecule has 38 heavy (non-hydrogen) atoms. The Morgan fingerprint density at radius 3 is 2.16 bits per heavy atom. The van der Waals surface area contributed by atoms with E-state index in [0.29, 0.717) is 0 Å². The molecular weight excluding hydrogens is 505 g/mol. The average molecular weight is 540 g/mol. The molecule has 3 aromatic rings. The molecule has 0 fully saturated rings. The van der Waals surface area contributed by atoms with Gasteiger partial charge in [0.25, 0.3) is 10.0 Å². The van der Waals surface area contributed by atoms with Crippen molar-refractivity contribution in [2.75, 3.05) is 10.8 Å². The van der Waals surface area contributed by atoms with E-state index >= 15 is 0 Å². The molecule has 1 atom stereocenters. The zero-order valence-corrected chi connectivity index (χ0v) is 23.1. The largest absolute Gasteiger partial charge is 0.350 e. The van der Waals surface area contributed by atoms with Crippen molar-refractivity contribution in [3.63, 3.8) is 0 Å². The van der Waals surface area contributed by atoms with Crippen LogP contribution in [0.3, 0.4) is 0 Å². The Balaban J connectivity index is 2.02. The molecule has 0 aromatic heterocycles. The van der Waals surface area contributed by atoms with Crippen molar-refractivity contribution in [2.24, 2.45) is 0 Å². The van der Waals surface area contributed by atoms with Crippen LogP contribution in [0.25, 0.3) is 0 Å². The van der Waals surface area contributed by atoms with Crippen molar-refractivity contribution in [1.82, 2.24) is 10.2 Å². The normalized spacial score (nSPS) is 12.5. The lowest BCUT2D eigenvalue weighted by Gasteiger charge is -2.33. The van der Waals surface area contributed by atoms with Crippen LogP contribution in [0, 0.1) is 12.7 Å². The molecule has 2 amide bonds. The fraction of sp³-hybridized carbons (Fsp3) is 0.310. The van der Waals surface area contributed by atoms with E-state index in [1.54, 1.807) is 25.1 Å². The Hall–Kier alpha value is -3.72. The molecule has 0 saturated carbocycles. The standard InChI is InChI=1S/C29H34FN3O4S/c1-21-10-9-11-23(18-21)19-32(22(2)28(35)31-29(3,4)5)27(34)20-33(25-16-14-24(30)15-17-25)38(36,37)26-12-7-6-8-13-26/h6-18,22H,19-20H2,1-5H3,(H,31,35)/t22-/m0/s1. The summed E-state index contributed by atoms with van der Waals surface area (Å²) in [7, 11) is -4.19. The predicted molar refractivity (Wildman–Crippen MR) is 146 cm³/mol. The highest BCUT2D eigenvalue weighted by atomic mass is 32.2. The third-order valence-electron chi connectivity index (χ3n) is 5.83. The number of anilines is 1. The van der Waals surface area contributed by atoms with Gasteiger partial charge in [-0.2, -0.15) is 0 Å². The van der Waals surface area contributed by atoms with Crippen molar-refractivity contribution >= 4 is 27.5 Å². The second kappa shape index (κ2) is 11.8.